The number of H-pyrrole nitrogens is 1. The van der Waals surface area contributed by atoms with Crippen LogP contribution in [-0.2, 0) is 0 Å². The number of hydrogen-bond acceptors (Lipinski definition) is 6. The zero-order valence-corrected chi connectivity index (χ0v) is 10.1. The second-order valence-corrected chi connectivity index (χ2v) is 4.19. The van der Waals surface area contributed by atoms with E-state index in [1.165, 1.54) is 11.8 Å². The Kier molecular flexibility index (Phi) is 3.04. The highest BCUT2D eigenvalue weighted by atomic mass is 32.2. The van der Waals surface area contributed by atoms with Gasteiger partial charge in [-0.1, -0.05) is 0 Å². The molecule has 0 atom stereocenters. The number of aromatic nitrogens is 5. The lowest BCUT2D eigenvalue weighted by molar-refractivity contribution is 0.953. The summed E-state index contributed by atoms with van der Waals surface area (Å²) in [6, 6.07) is 0. The minimum atomic E-state index is 0.598. The van der Waals surface area contributed by atoms with Crippen LogP contribution in [0.4, 0.5) is 5.95 Å². The summed E-state index contributed by atoms with van der Waals surface area (Å²) >= 11 is 1.42. The van der Waals surface area contributed by atoms with E-state index in [0.29, 0.717) is 11.1 Å². The van der Waals surface area contributed by atoms with E-state index in [4.69, 9.17) is 0 Å². The minimum absolute atomic E-state index is 0.598. The van der Waals surface area contributed by atoms with Gasteiger partial charge in [0.2, 0.25) is 11.1 Å². The Morgan fingerprint density at radius 3 is 2.75 bits per heavy atom. The number of hydrogen-bond donors (Lipinski definition) is 2. The van der Waals surface area contributed by atoms with Crippen molar-refractivity contribution in [1.82, 2.24) is 25.1 Å². The molecule has 2 aromatic rings. The quantitative estimate of drug-likeness (QED) is 0.784. The van der Waals surface area contributed by atoms with E-state index in [1.54, 1.807) is 13.2 Å². The molecule has 0 aliphatic carbocycles. The van der Waals surface area contributed by atoms with Crippen molar-refractivity contribution in [1.29, 1.82) is 0 Å². The summed E-state index contributed by atoms with van der Waals surface area (Å²) in [5.41, 5.74) is 1.01. The van der Waals surface area contributed by atoms with Gasteiger partial charge in [-0.15, -0.1) is 5.10 Å². The van der Waals surface area contributed by atoms with Gasteiger partial charge in [0.15, 0.2) is 0 Å². The van der Waals surface area contributed by atoms with Crippen molar-refractivity contribution in [2.75, 3.05) is 12.4 Å². The van der Waals surface area contributed by atoms with Crippen molar-refractivity contribution >= 4 is 17.7 Å². The van der Waals surface area contributed by atoms with Gasteiger partial charge in [-0.2, -0.15) is 0 Å². The summed E-state index contributed by atoms with van der Waals surface area (Å²) in [7, 11) is 1.79. The Labute approximate surface area is 97.3 Å². The lowest BCUT2D eigenvalue weighted by atomic mass is 10.4. The van der Waals surface area contributed by atoms with Crippen LogP contribution in [-0.4, -0.2) is 32.2 Å². The van der Waals surface area contributed by atoms with E-state index in [9.17, 15) is 0 Å². The molecule has 6 nitrogen and oxygen atoms in total. The van der Waals surface area contributed by atoms with Crippen molar-refractivity contribution < 1.29 is 0 Å². The molecule has 0 spiro atoms. The molecule has 0 saturated carbocycles. The van der Waals surface area contributed by atoms with Crippen LogP contribution in [0.15, 0.2) is 16.4 Å². The van der Waals surface area contributed by atoms with E-state index in [1.807, 2.05) is 13.8 Å². The van der Waals surface area contributed by atoms with Crippen LogP contribution in [0.2, 0.25) is 0 Å². The third-order valence-corrected chi connectivity index (χ3v) is 2.89. The molecule has 0 aromatic carbocycles. The second-order valence-electron chi connectivity index (χ2n) is 3.24. The number of nitrogens with one attached hydrogen (secondary N) is 2. The molecular formula is C9H12N6S. The smallest absolute Gasteiger partial charge is 0.223 e. The largest absolute Gasteiger partial charge is 0.357 e. The van der Waals surface area contributed by atoms with E-state index in [2.05, 4.69) is 30.5 Å². The zero-order valence-electron chi connectivity index (χ0n) is 9.27. The molecule has 0 unspecified atom stereocenters. The van der Waals surface area contributed by atoms with E-state index in [0.717, 1.165) is 16.4 Å². The first-order chi connectivity index (χ1) is 7.69. The maximum Gasteiger partial charge on any atom is 0.223 e. The molecule has 2 heterocycles. The number of aryl methyl sites for hydroxylation is 2. The van der Waals surface area contributed by atoms with Gasteiger partial charge < -0.3 is 5.32 Å². The van der Waals surface area contributed by atoms with Crippen LogP contribution in [0.3, 0.4) is 0 Å². The number of rotatable bonds is 3. The highest BCUT2D eigenvalue weighted by Crippen LogP contribution is 2.25. The van der Waals surface area contributed by atoms with Gasteiger partial charge in [0.25, 0.3) is 0 Å². The molecular weight excluding hydrogens is 224 g/mol. The van der Waals surface area contributed by atoms with Gasteiger partial charge in [0, 0.05) is 18.8 Å². The number of nitrogens with zero attached hydrogens (tertiary/aromatic N) is 4. The summed E-state index contributed by atoms with van der Waals surface area (Å²) in [6.07, 6.45) is 1.78. The van der Waals surface area contributed by atoms with Crippen molar-refractivity contribution in [2.45, 2.75) is 24.0 Å². The fourth-order valence-electron chi connectivity index (χ4n) is 1.10. The van der Waals surface area contributed by atoms with Crippen LogP contribution in [0.25, 0.3) is 0 Å². The van der Waals surface area contributed by atoms with Crippen LogP contribution >= 0.6 is 11.8 Å². The van der Waals surface area contributed by atoms with Crippen molar-refractivity contribution in [3.8, 4) is 0 Å². The fourth-order valence-corrected chi connectivity index (χ4v) is 1.90. The highest BCUT2D eigenvalue weighted by Gasteiger charge is 2.08. The highest BCUT2D eigenvalue weighted by molar-refractivity contribution is 7.99. The Morgan fingerprint density at radius 2 is 2.12 bits per heavy atom. The van der Waals surface area contributed by atoms with Crippen LogP contribution in [0.5, 0.6) is 0 Å². The van der Waals surface area contributed by atoms with Gasteiger partial charge in [0.1, 0.15) is 10.9 Å². The number of anilines is 1. The Morgan fingerprint density at radius 1 is 1.31 bits per heavy atom. The predicted molar refractivity (Wildman–Crippen MR) is 61.6 cm³/mol. The van der Waals surface area contributed by atoms with Crippen molar-refractivity contribution in [3.63, 3.8) is 0 Å². The first kappa shape index (κ1) is 10.9. The van der Waals surface area contributed by atoms with Gasteiger partial charge in [-0.25, -0.2) is 15.0 Å². The molecule has 7 heteroatoms. The molecule has 0 aliphatic heterocycles. The molecule has 2 rings (SSSR count). The molecule has 0 fully saturated rings. The molecule has 0 radical (unpaired) electrons. The Hall–Kier alpha value is -1.63. The number of aromatic amines is 1. The Bertz CT molecular complexity index is 494. The first-order valence-corrected chi connectivity index (χ1v) is 5.59. The second kappa shape index (κ2) is 4.48. The molecule has 0 aliphatic rings. The normalized spacial score (nSPS) is 10.4. The Balaban J connectivity index is 2.26. The summed E-state index contributed by atoms with van der Waals surface area (Å²) in [5.74, 6) is 1.39. The van der Waals surface area contributed by atoms with Crippen molar-refractivity contribution in [3.05, 3.63) is 17.6 Å². The summed E-state index contributed by atoms with van der Waals surface area (Å²) in [5, 5.41) is 11.3. The lowest BCUT2D eigenvalue weighted by Crippen LogP contribution is -1.98. The van der Waals surface area contributed by atoms with Crippen LogP contribution in [0.1, 0.15) is 11.4 Å². The summed E-state index contributed by atoms with van der Waals surface area (Å²) < 4.78 is 0. The lowest BCUT2D eigenvalue weighted by Gasteiger charge is -2.03. The summed E-state index contributed by atoms with van der Waals surface area (Å²) in [6.45, 7) is 3.82. The summed E-state index contributed by atoms with van der Waals surface area (Å²) in [4.78, 5) is 12.7. The monoisotopic (exact) mass is 236 g/mol. The first-order valence-electron chi connectivity index (χ1n) is 4.77. The molecule has 0 amide bonds. The SMILES string of the molecule is CNc1ncc(C)c(Sc2n[nH]c(C)n2)n1. The third-order valence-electron chi connectivity index (χ3n) is 1.91. The van der Waals surface area contributed by atoms with Crippen molar-refractivity contribution in [2.24, 2.45) is 0 Å². The maximum absolute atomic E-state index is 4.34. The molecule has 16 heavy (non-hydrogen) atoms. The molecule has 0 saturated heterocycles. The van der Waals surface area contributed by atoms with Gasteiger partial charge in [-0.05, 0) is 25.6 Å². The van der Waals surface area contributed by atoms with E-state index < -0.39 is 0 Å². The zero-order chi connectivity index (χ0) is 11.5. The average Bonchev–Trinajstić information content (AvgIpc) is 2.67. The van der Waals surface area contributed by atoms with E-state index >= 15 is 0 Å². The van der Waals surface area contributed by atoms with E-state index in [-0.39, 0.29) is 0 Å². The standard InChI is InChI=1S/C9H12N6S/c1-5-4-11-8(10-3)13-7(5)16-9-12-6(2)14-15-9/h4H,1-3H3,(H,10,11,13)(H,12,14,15). The third kappa shape index (κ3) is 2.30. The van der Waals surface area contributed by atoms with Crippen LogP contribution < -0.4 is 5.32 Å². The minimum Gasteiger partial charge on any atom is -0.357 e. The van der Waals surface area contributed by atoms with Gasteiger partial charge >= 0.3 is 0 Å². The predicted octanol–water partition coefficient (Wildman–Crippen LogP) is 1.40. The average molecular weight is 236 g/mol. The molecule has 0 bridgehead atoms. The fraction of sp³-hybridized carbons (Fsp3) is 0.333. The van der Waals surface area contributed by atoms with Gasteiger partial charge in [-0.3, -0.25) is 5.10 Å². The maximum atomic E-state index is 4.34. The topological polar surface area (TPSA) is 79.4 Å². The molecule has 84 valence electrons. The van der Waals surface area contributed by atoms with Crippen LogP contribution in [0, 0.1) is 13.8 Å². The van der Waals surface area contributed by atoms with Gasteiger partial charge in [0.05, 0.1) is 0 Å². The molecule has 2 N–H and O–H groups in total. The molecule has 2 aromatic heterocycles.